The molecule has 2 saturated heterocycles. The quantitative estimate of drug-likeness (QED) is 0.650. The summed E-state index contributed by atoms with van der Waals surface area (Å²) < 4.78 is 0. The molecule has 2 bridgehead atoms. The molecule has 1 amide bonds. The SMILES string of the molecule is CSCC(=O)N1C2CCC1CC2. The van der Waals surface area contributed by atoms with Gasteiger partial charge in [-0.05, 0) is 31.9 Å². The number of fused-ring (bicyclic) bond motifs is 2. The molecule has 0 aromatic heterocycles. The van der Waals surface area contributed by atoms with Crippen LogP contribution in [0, 0.1) is 0 Å². The zero-order valence-electron chi connectivity index (χ0n) is 7.45. The van der Waals surface area contributed by atoms with E-state index in [4.69, 9.17) is 0 Å². The van der Waals surface area contributed by atoms with Gasteiger partial charge in [0.1, 0.15) is 0 Å². The second-order valence-electron chi connectivity index (χ2n) is 3.70. The topological polar surface area (TPSA) is 20.3 Å². The van der Waals surface area contributed by atoms with Crippen molar-refractivity contribution in [1.29, 1.82) is 0 Å². The summed E-state index contributed by atoms with van der Waals surface area (Å²) in [5.41, 5.74) is 0. The van der Waals surface area contributed by atoms with Gasteiger partial charge in [-0.15, -0.1) is 0 Å². The predicted molar refractivity (Wildman–Crippen MR) is 51.3 cm³/mol. The minimum absolute atomic E-state index is 0.368. The molecule has 12 heavy (non-hydrogen) atoms. The summed E-state index contributed by atoms with van der Waals surface area (Å²) in [7, 11) is 0. The maximum atomic E-state index is 11.6. The largest absolute Gasteiger partial charge is 0.336 e. The summed E-state index contributed by atoms with van der Waals surface area (Å²) in [5.74, 6) is 1.04. The molecule has 2 heterocycles. The summed E-state index contributed by atoms with van der Waals surface area (Å²) >= 11 is 1.64. The lowest BCUT2D eigenvalue weighted by Gasteiger charge is -2.21. The molecule has 0 N–H and O–H groups in total. The molecule has 0 unspecified atom stereocenters. The second kappa shape index (κ2) is 3.29. The zero-order chi connectivity index (χ0) is 8.55. The molecule has 0 saturated carbocycles. The van der Waals surface area contributed by atoms with Gasteiger partial charge in [0, 0.05) is 12.1 Å². The van der Waals surface area contributed by atoms with E-state index in [1.807, 2.05) is 6.26 Å². The van der Waals surface area contributed by atoms with Gasteiger partial charge in [-0.1, -0.05) is 0 Å². The maximum Gasteiger partial charge on any atom is 0.233 e. The van der Waals surface area contributed by atoms with Gasteiger partial charge in [0.05, 0.1) is 5.75 Å². The van der Waals surface area contributed by atoms with Gasteiger partial charge in [-0.25, -0.2) is 0 Å². The van der Waals surface area contributed by atoms with Crippen molar-refractivity contribution in [2.45, 2.75) is 37.8 Å². The van der Waals surface area contributed by atoms with Crippen molar-refractivity contribution in [1.82, 2.24) is 4.90 Å². The maximum absolute atomic E-state index is 11.6. The molecule has 3 heteroatoms. The lowest BCUT2D eigenvalue weighted by atomic mass is 10.0. The molecule has 2 aliphatic rings. The number of rotatable bonds is 2. The number of amides is 1. The summed E-state index contributed by atoms with van der Waals surface area (Å²) in [6, 6.07) is 1.21. The van der Waals surface area contributed by atoms with Crippen LogP contribution in [-0.2, 0) is 4.79 Å². The van der Waals surface area contributed by atoms with Gasteiger partial charge >= 0.3 is 0 Å². The highest BCUT2D eigenvalue weighted by Crippen LogP contribution is 2.37. The van der Waals surface area contributed by atoms with Gasteiger partial charge in [0.15, 0.2) is 0 Å². The predicted octanol–water partition coefficient (Wildman–Crippen LogP) is 1.50. The molecule has 0 radical (unpaired) electrons. The van der Waals surface area contributed by atoms with Crippen LogP contribution in [0.1, 0.15) is 25.7 Å². The van der Waals surface area contributed by atoms with Crippen LogP contribution in [0.15, 0.2) is 0 Å². The molecule has 0 aromatic carbocycles. The fourth-order valence-electron chi connectivity index (χ4n) is 2.52. The third kappa shape index (κ3) is 1.24. The lowest BCUT2D eigenvalue weighted by Crippen LogP contribution is -2.36. The van der Waals surface area contributed by atoms with Crippen LogP contribution < -0.4 is 0 Å². The Hall–Kier alpha value is -0.180. The van der Waals surface area contributed by atoms with E-state index >= 15 is 0 Å². The van der Waals surface area contributed by atoms with Crippen LogP contribution in [0.5, 0.6) is 0 Å². The fourth-order valence-corrected chi connectivity index (χ4v) is 2.91. The molecular formula is C9H15NOS. The van der Waals surface area contributed by atoms with Gasteiger partial charge < -0.3 is 4.90 Å². The standard InChI is InChI=1S/C9H15NOS/c1-12-6-9(11)10-7-2-3-8(10)5-4-7/h7-8H,2-6H2,1H3. The highest BCUT2D eigenvalue weighted by molar-refractivity contribution is 7.99. The van der Waals surface area contributed by atoms with E-state index in [1.165, 1.54) is 25.7 Å². The van der Waals surface area contributed by atoms with Gasteiger partial charge in [-0.2, -0.15) is 11.8 Å². The Morgan fingerprint density at radius 1 is 1.33 bits per heavy atom. The summed E-state index contributed by atoms with van der Waals surface area (Å²) in [4.78, 5) is 13.8. The Morgan fingerprint density at radius 3 is 2.25 bits per heavy atom. The Bertz CT molecular complexity index is 175. The Morgan fingerprint density at radius 2 is 1.83 bits per heavy atom. The molecule has 68 valence electrons. The van der Waals surface area contributed by atoms with Crippen LogP contribution in [0.3, 0.4) is 0 Å². The first-order valence-corrected chi connectivity index (χ1v) is 6.02. The minimum atomic E-state index is 0.368. The van der Waals surface area contributed by atoms with Crippen molar-refractivity contribution in [3.8, 4) is 0 Å². The first-order chi connectivity index (χ1) is 5.83. The number of nitrogens with zero attached hydrogens (tertiary/aromatic N) is 1. The van der Waals surface area contributed by atoms with E-state index in [9.17, 15) is 4.79 Å². The monoisotopic (exact) mass is 185 g/mol. The molecule has 0 aliphatic carbocycles. The van der Waals surface area contributed by atoms with Crippen LogP contribution >= 0.6 is 11.8 Å². The average Bonchev–Trinajstić information content (AvgIpc) is 2.62. The number of carbonyl (C=O) groups excluding carboxylic acids is 1. The van der Waals surface area contributed by atoms with Gasteiger partial charge in [0.2, 0.25) is 5.91 Å². The Labute approximate surface area is 77.7 Å². The number of thioether (sulfide) groups is 1. The first-order valence-electron chi connectivity index (χ1n) is 4.63. The van der Waals surface area contributed by atoms with Crippen molar-refractivity contribution in [3.63, 3.8) is 0 Å². The van der Waals surface area contributed by atoms with E-state index in [1.54, 1.807) is 11.8 Å². The summed E-state index contributed by atoms with van der Waals surface area (Å²) in [6.07, 6.45) is 7.01. The highest BCUT2D eigenvalue weighted by atomic mass is 32.2. The third-order valence-electron chi connectivity index (χ3n) is 3.01. The Kier molecular flexibility index (Phi) is 2.31. The van der Waals surface area contributed by atoms with Crippen molar-refractivity contribution < 1.29 is 4.79 Å². The second-order valence-corrected chi connectivity index (χ2v) is 4.56. The van der Waals surface area contributed by atoms with Crippen LogP contribution in [0.25, 0.3) is 0 Å². The molecule has 0 aromatic rings. The first kappa shape index (κ1) is 8.42. The van der Waals surface area contributed by atoms with E-state index in [0.717, 1.165) is 0 Å². The van der Waals surface area contributed by atoms with Gasteiger partial charge in [-0.3, -0.25) is 4.79 Å². The van der Waals surface area contributed by atoms with Crippen molar-refractivity contribution in [2.75, 3.05) is 12.0 Å². The Balaban J connectivity index is 2.00. The average molecular weight is 185 g/mol. The summed E-state index contributed by atoms with van der Waals surface area (Å²) in [5, 5.41) is 0. The number of carbonyl (C=O) groups is 1. The number of hydrogen-bond acceptors (Lipinski definition) is 2. The van der Waals surface area contributed by atoms with Crippen LogP contribution in [0.4, 0.5) is 0 Å². The molecule has 2 aliphatic heterocycles. The molecular weight excluding hydrogens is 170 g/mol. The fraction of sp³-hybridized carbons (Fsp3) is 0.889. The summed E-state index contributed by atoms with van der Waals surface area (Å²) in [6.45, 7) is 0. The molecule has 0 spiro atoms. The van der Waals surface area contributed by atoms with Crippen molar-refractivity contribution in [2.24, 2.45) is 0 Å². The van der Waals surface area contributed by atoms with Crippen molar-refractivity contribution >= 4 is 17.7 Å². The molecule has 2 nitrogen and oxygen atoms in total. The smallest absolute Gasteiger partial charge is 0.233 e. The van der Waals surface area contributed by atoms with Crippen LogP contribution in [0.2, 0.25) is 0 Å². The zero-order valence-corrected chi connectivity index (χ0v) is 8.27. The van der Waals surface area contributed by atoms with E-state index in [2.05, 4.69) is 4.90 Å². The van der Waals surface area contributed by atoms with Gasteiger partial charge in [0.25, 0.3) is 0 Å². The van der Waals surface area contributed by atoms with E-state index in [0.29, 0.717) is 23.7 Å². The highest BCUT2D eigenvalue weighted by Gasteiger charge is 2.41. The molecule has 2 fully saturated rings. The number of hydrogen-bond donors (Lipinski definition) is 0. The third-order valence-corrected chi connectivity index (χ3v) is 3.54. The van der Waals surface area contributed by atoms with E-state index in [-0.39, 0.29) is 0 Å². The normalized spacial score (nSPS) is 32.9. The van der Waals surface area contributed by atoms with E-state index < -0.39 is 0 Å². The van der Waals surface area contributed by atoms with Crippen LogP contribution in [-0.4, -0.2) is 34.9 Å². The lowest BCUT2D eigenvalue weighted by molar-refractivity contribution is -0.129. The molecule has 0 atom stereocenters. The minimum Gasteiger partial charge on any atom is -0.336 e. The van der Waals surface area contributed by atoms with Crippen molar-refractivity contribution in [3.05, 3.63) is 0 Å². The molecule has 2 rings (SSSR count).